The van der Waals surface area contributed by atoms with Gasteiger partial charge in [-0.05, 0) is 54.0 Å². The van der Waals surface area contributed by atoms with E-state index in [1.165, 1.54) is 0 Å². The first-order valence-corrected chi connectivity index (χ1v) is 10.3. The summed E-state index contributed by atoms with van der Waals surface area (Å²) in [5.41, 5.74) is 1.09. The topological polar surface area (TPSA) is 40.6 Å². The van der Waals surface area contributed by atoms with E-state index in [2.05, 4.69) is 0 Å². The molecule has 2 aliphatic rings. The van der Waals surface area contributed by atoms with Crippen LogP contribution in [0.5, 0.6) is 0 Å². The lowest BCUT2D eigenvalue weighted by atomic mass is 10.0. The first kappa shape index (κ1) is 15.7. The third kappa shape index (κ3) is 3.62. The monoisotopic (exact) mass is 348 g/mol. The van der Waals surface area contributed by atoms with Gasteiger partial charge in [0.15, 0.2) is 0 Å². The van der Waals surface area contributed by atoms with Crippen LogP contribution in [-0.4, -0.2) is 42.0 Å². The molecule has 0 atom stereocenters. The Labute approximate surface area is 135 Å². The SMILES string of the molecule is O=S(=O)(N1CCC(CCl)CC1)N(Cc1ccsc1)C1CC1. The molecule has 0 aromatic carbocycles. The van der Waals surface area contributed by atoms with Gasteiger partial charge in [-0.15, -0.1) is 11.6 Å². The van der Waals surface area contributed by atoms with Crippen LogP contribution in [0.4, 0.5) is 0 Å². The van der Waals surface area contributed by atoms with Crippen LogP contribution in [0, 0.1) is 5.92 Å². The zero-order valence-corrected chi connectivity index (χ0v) is 14.3. The third-order valence-electron chi connectivity index (χ3n) is 4.29. The third-order valence-corrected chi connectivity index (χ3v) is 7.49. The molecule has 0 unspecified atom stereocenters. The van der Waals surface area contributed by atoms with Crippen molar-refractivity contribution in [2.45, 2.75) is 38.3 Å². The first-order chi connectivity index (χ1) is 10.1. The largest absolute Gasteiger partial charge is 0.282 e. The molecule has 1 aliphatic carbocycles. The number of piperidine rings is 1. The predicted octanol–water partition coefficient (Wildman–Crippen LogP) is 2.91. The number of nitrogens with zero attached hydrogens (tertiary/aromatic N) is 2. The normalized spacial score (nSPS) is 22.0. The second-order valence-electron chi connectivity index (χ2n) is 5.91. The van der Waals surface area contributed by atoms with Crippen molar-refractivity contribution in [3.05, 3.63) is 22.4 Å². The van der Waals surface area contributed by atoms with E-state index in [9.17, 15) is 8.42 Å². The highest BCUT2D eigenvalue weighted by atomic mass is 35.5. The number of thiophene rings is 1. The molecule has 1 aliphatic heterocycles. The molecule has 4 nitrogen and oxygen atoms in total. The molecule has 1 saturated carbocycles. The quantitative estimate of drug-likeness (QED) is 0.742. The van der Waals surface area contributed by atoms with Crippen LogP contribution in [0.1, 0.15) is 31.2 Å². The van der Waals surface area contributed by atoms with Gasteiger partial charge in [0.2, 0.25) is 0 Å². The molecular formula is C14H21ClN2O2S2. The van der Waals surface area contributed by atoms with Crippen LogP contribution in [0.2, 0.25) is 0 Å². The van der Waals surface area contributed by atoms with Crippen molar-refractivity contribution in [1.82, 2.24) is 8.61 Å². The Bertz CT molecular complexity index is 550. The van der Waals surface area contributed by atoms with Gasteiger partial charge in [0.25, 0.3) is 10.2 Å². The van der Waals surface area contributed by atoms with Crippen LogP contribution >= 0.6 is 22.9 Å². The van der Waals surface area contributed by atoms with Gasteiger partial charge in [0.1, 0.15) is 0 Å². The van der Waals surface area contributed by atoms with E-state index in [0.29, 0.717) is 31.4 Å². The summed E-state index contributed by atoms with van der Waals surface area (Å²) in [5.74, 6) is 1.10. The summed E-state index contributed by atoms with van der Waals surface area (Å²) in [5, 5.41) is 4.03. The van der Waals surface area contributed by atoms with Crippen molar-refractivity contribution in [3.63, 3.8) is 0 Å². The highest BCUT2D eigenvalue weighted by Gasteiger charge is 2.41. The Morgan fingerprint density at radius 1 is 1.29 bits per heavy atom. The van der Waals surface area contributed by atoms with Crippen molar-refractivity contribution in [2.75, 3.05) is 19.0 Å². The molecule has 21 heavy (non-hydrogen) atoms. The Balaban J connectivity index is 1.72. The fourth-order valence-electron chi connectivity index (χ4n) is 2.77. The van der Waals surface area contributed by atoms with E-state index >= 15 is 0 Å². The van der Waals surface area contributed by atoms with Gasteiger partial charge in [-0.1, -0.05) is 0 Å². The maximum absolute atomic E-state index is 12.9. The lowest BCUT2D eigenvalue weighted by Crippen LogP contribution is -2.47. The van der Waals surface area contributed by atoms with Crippen LogP contribution in [0.25, 0.3) is 0 Å². The number of rotatable bonds is 6. The van der Waals surface area contributed by atoms with Gasteiger partial charge in [-0.2, -0.15) is 28.4 Å². The standard InChI is InChI=1S/C14H21ClN2O2S2/c15-9-12-3-6-16(7-4-12)21(18,19)17(14-1-2-14)10-13-5-8-20-11-13/h5,8,11-12,14H,1-4,6-7,9-10H2. The van der Waals surface area contributed by atoms with E-state index in [4.69, 9.17) is 11.6 Å². The summed E-state index contributed by atoms with van der Waals surface area (Å²) in [6.45, 7) is 1.71. The minimum Gasteiger partial charge on any atom is -0.195 e. The fraction of sp³-hybridized carbons (Fsp3) is 0.714. The van der Waals surface area contributed by atoms with Crippen molar-refractivity contribution in [3.8, 4) is 0 Å². The molecule has 1 saturated heterocycles. The molecule has 0 radical (unpaired) electrons. The zero-order chi connectivity index (χ0) is 14.9. The van der Waals surface area contributed by atoms with Gasteiger partial charge in [0, 0.05) is 31.6 Å². The minimum atomic E-state index is -3.34. The number of hydrogen-bond donors (Lipinski definition) is 0. The van der Waals surface area contributed by atoms with E-state index < -0.39 is 10.2 Å². The molecule has 2 heterocycles. The number of alkyl halides is 1. The van der Waals surface area contributed by atoms with Gasteiger partial charge >= 0.3 is 0 Å². The minimum absolute atomic E-state index is 0.195. The lowest BCUT2D eigenvalue weighted by Gasteiger charge is -2.34. The molecule has 2 fully saturated rings. The fourth-order valence-corrected chi connectivity index (χ4v) is 5.60. The molecule has 1 aromatic heterocycles. The van der Waals surface area contributed by atoms with Gasteiger partial charge in [-0.3, -0.25) is 0 Å². The molecule has 0 amide bonds. The van der Waals surface area contributed by atoms with E-state index in [0.717, 1.165) is 31.2 Å². The molecule has 0 bridgehead atoms. The molecule has 3 rings (SSSR count). The van der Waals surface area contributed by atoms with Gasteiger partial charge in [0.05, 0.1) is 0 Å². The average Bonchev–Trinajstić information content (AvgIpc) is 3.20. The Morgan fingerprint density at radius 2 is 2.00 bits per heavy atom. The maximum Gasteiger partial charge on any atom is 0.282 e. The van der Waals surface area contributed by atoms with Gasteiger partial charge in [-0.25, -0.2) is 0 Å². The number of hydrogen-bond acceptors (Lipinski definition) is 3. The molecule has 0 spiro atoms. The summed E-state index contributed by atoms with van der Waals surface area (Å²) in [6, 6.07) is 2.20. The second-order valence-corrected chi connectivity index (χ2v) is 8.88. The van der Waals surface area contributed by atoms with E-state index in [1.54, 1.807) is 19.9 Å². The highest BCUT2D eigenvalue weighted by Crippen LogP contribution is 2.33. The molecular weight excluding hydrogens is 328 g/mol. The molecule has 118 valence electrons. The summed E-state index contributed by atoms with van der Waals surface area (Å²) >= 11 is 7.50. The number of halogens is 1. The van der Waals surface area contributed by atoms with Gasteiger partial charge < -0.3 is 0 Å². The highest BCUT2D eigenvalue weighted by molar-refractivity contribution is 7.86. The Hall–Kier alpha value is -0.140. The summed E-state index contributed by atoms with van der Waals surface area (Å²) in [6.07, 6.45) is 3.72. The Kier molecular flexibility index (Phi) is 4.90. The van der Waals surface area contributed by atoms with Crippen LogP contribution in [0.15, 0.2) is 16.8 Å². The van der Waals surface area contributed by atoms with Crippen molar-refractivity contribution >= 4 is 33.1 Å². The summed E-state index contributed by atoms with van der Waals surface area (Å²) < 4.78 is 29.2. The molecule has 7 heteroatoms. The molecule has 1 aromatic rings. The van der Waals surface area contributed by atoms with Crippen LogP contribution in [-0.2, 0) is 16.8 Å². The Morgan fingerprint density at radius 3 is 2.52 bits per heavy atom. The average molecular weight is 349 g/mol. The van der Waals surface area contributed by atoms with Crippen molar-refractivity contribution < 1.29 is 8.42 Å². The lowest BCUT2D eigenvalue weighted by molar-refractivity contribution is 0.261. The van der Waals surface area contributed by atoms with Crippen LogP contribution in [0.3, 0.4) is 0 Å². The van der Waals surface area contributed by atoms with Crippen molar-refractivity contribution in [1.29, 1.82) is 0 Å². The smallest absolute Gasteiger partial charge is 0.195 e. The summed E-state index contributed by atoms with van der Waals surface area (Å²) in [7, 11) is -3.34. The maximum atomic E-state index is 12.9. The second kappa shape index (κ2) is 6.54. The summed E-state index contributed by atoms with van der Waals surface area (Å²) in [4.78, 5) is 0. The zero-order valence-electron chi connectivity index (χ0n) is 11.9. The van der Waals surface area contributed by atoms with E-state index in [-0.39, 0.29) is 6.04 Å². The van der Waals surface area contributed by atoms with E-state index in [1.807, 2.05) is 16.8 Å². The van der Waals surface area contributed by atoms with Crippen LogP contribution < -0.4 is 0 Å². The first-order valence-electron chi connectivity index (χ1n) is 7.45. The predicted molar refractivity (Wildman–Crippen MR) is 86.8 cm³/mol. The van der Waals surface area contributed by atoms with Crippen molar-refractivity contribution in [2.24, 2.45) is 5.92 Å². The molecule has 0 N–H and O–H groups in total.